The molecule has 1 saturated heterocycles. The van der Waals surface area contributed by atoms with Gasteiger partial charge < -0.3 is 10.1 Å². The van der Waals surface area contributed by atoms with Crippen LogP contribution in [0.2, 0.25) is 0 Å². The highest BCUT2D eigenvalue weighted by molar-refractivity contribution is 9.10. The average Bonchev–Trinajstić information content (AvgIpc) is 3.21. The minimum absolute atomic E-state index is 0.0895. The maximum absolute atomic E-state index is 12.1. The number of benzene rings is 1. The normalized spacial score (nSPS) is 17.2. The fourth-order valence-electron chi connectivity index (χ4n) is 2.45. The monoisotopic (exact) mass is 411 g/mol. The molecular weight excluding hydrogens is 394 g/mol. The molecule has 0 saturated carbocycles. The zero-order valence-corrected chi connectivity index (χ0v) is 15.6. The van der Waals surface area contributed by atoms with Crippen molar-refractivity contribution in [3.05, 3.63) is 28.2 Å². The third-order valence-electron chi connectivity index (χ3n) is 3.67. The number of carbonyl (C=O) groups is 1. The van der Waals surface area contributed by atoms with Gasteiger partial charge in [0.15, 0.2) is 0 Å². The largest absolute Gasteiger partial charge is 0.376 e. The van der Waals surface area contributed by atoms with Crippen molar-refractivity contribution >= 4 is 39.3 Å². The van der Waals surface area contributed by atoms with E-state index < -0.39 is 0 Å². The maximum Gasteiger partial charge on any atom is 0.234 e. The van der Waals surface area contributed by atoms with Crippen molar-refractivity contribution in [3.63, 3.8) is 0 Å². The summed E-state index contributed by atoms with van der Waals surface area (Å²) in [4.78, 5) is 12.1. The SMILES string of the molecule is Cc1cc(NC(=O)CSc2nnnn2CC2CCCO2)ccc1Br. The van der Waals surface area contributed by atoms with Crippen LogP contribution in [0.1, 0.15) is 18.4 Å². The molecular formula is C15H18BrN5O2S. The quantitative estimate of drug-likeness (QED) is 0.735. The van der Waals surface area contributed by atoms with E-state index in [1.807, 2.05) is 25.1 Å². The number of nitrogens with one attached hydrogen (secondary N) is 1. The highest BCUT2D eigenvalue weighted by atomic mass is 79.9. The van der Waals surface area contributed by atoms with Crippen molar-refractivity contribution in [1.82, 2.24) is 20.2 Å². The molecule has 1 aliphatic rings. The number of rotatable bonds is 6. The Bertz CT molecular complexity index is 718. The fourth-order valence-corrected chi connectivity index (χ4v) is 3.38. The molecule has 9 heteroatoms. The second-order valence-electron chi connectivity index (χ2n) is 5.58. The van der Waals surface area contributed by atoms with Gasteiger partial charge in [0.25, 0.3) is 0 Å². The molecule has 1 fully saturated rings. The van der Waals surface area contributed by atoms with E-state index >= 15 is 0 Å². The van der Waals surface area contributed by atoms with Gasteiger partial charge in [0.1, 0.15) is 0 Å². The number of hydrogen-bond acceptors (Lipinski definition) is 6. The van der Waals surface area contributed by atoms with Crippen molar-refractivity contribution in [1.29, 1.82) is 0 Å². The number of aryl methyl sites for hydroxylation is 1. The maximum atomic E-state index is 12.1. The first-order valence-corrected chi connectivity index (χ1v) is 9.46. The van der Waals surface area contributed by atoms with E-state index in [9.17, 15) is 4.79 Å². The molecule has 24 heavy (non-hydrogen) atoms. The molecule has 128 valence electrons. The zero-order chi connectivity index (χ0) is 16.9. The van der Waals surface area contributed by atoms with Crippen LogP contribution in [-0.2, 0) is 16.1 Å². The van der Waals surface area contributed by atoms with Gasteiger partial charge in [-0.1, -0.05) is 27.7 Å². The van der Waals surface area contributed by atoms with E-state index in [0.717, 1.165) is 35.2 Å². The van der Waals surface area contributed by atoms with Crippen LogP contribution in [0.15, 0.2) is 27.8 Å². The number of anilines is 1. The Kier molecular flexibility index (Phi) is 5.85. The summed E-state index contributed by atoms with van der Waals surface area (Å²) >= 11 is 4.77. The van der Waals surface area contributed by atoms with E-state index in [-0.39, 0.29) is 17.8 Å². The number of carbonyl (C=O) groups excluding carboxylic acids is 1. The van der Waals surface area contributed by atoms with Gasteiger partial charge in [-0.05, 0) is 54.0 Å². The number of tetrazole rings is 1. The van der Waals surface area contributed by atoms with Crippen LogP contribution in [-0.4, -0.2) is 44.6 Å². The zero-order valence-electron chi connectivity index (χ0n) is 13.2. The smallest absolute Gasteiger partial charge is 0.234 e. The van der Waals surface area contributed by atoms with Crippen molar-refractivity contribution in [2.45, 2.75) is 37.6 Å². The van der Waals surface area contributed by atoms with Gasteiger partial charge in [-0.15, -0.1) is 5.10 Å². The van der Waals surface area contributed by atoms with Crippen LogP contribution in [0.5, 0.6) is 0 Å². The van der Waals surface area contributed by atoms with Crippen molar-refractivity contribution in [2.24, 2.45) is 0 Å². The average molecular weight is 412 g/mol. The second-order valence-corrected chi connectivity index (χ2v) is 7.38. The van der Waals surface area contributed by atoms with Gasteiger partial charge in [0, 0.05) is 16.8 Å². The molecule has 1 aromatic heterocycles. The van der Waals surface area contributed by atoms with Crippen molar-refractivity contribution < 1.29 is 9.53 Å². The molecule has 0 bridgehead atoms. The summed E-state index contributed by atoms with van der Waals surface area (Å²) < 4.78 is 8.32. The van der Waals surface area contributed by atoms with E-state index in [4.69, 9.17) is 4.74 Å². The van der Waals surface area contributed by atoms with Gasteiger partial charge in [-0.2, -0.15) is 0 Å². The van der Waals surface area contributed by atoms with Crippen LogP contribution in [0.4, 0.5) is 5.69 Å². The summed E-state index contributed by atoms with van der Waals surface area (Å²) in [6.45, 7) is 3.40. The number of aromatic nitrogens is 4. The summed E-state index contributed by atoms with van der Waals surface area (Å²) in [5.41, 5.74) is 1.85. The Balaban J connectivity index is 1.52. The summed E-state index contributed by atoms with van der Waals surface area (Å²) in [5.74, 6) is 0.162. The lowest BCUT2D eigenvalue weighted by molar-refractivity contribution is -0.113. The van der Waals surface area contributed by atoms with Gasteiger partial charge >= 0.3 is 0 Å². The molecule has 3 rings (SSSR count). The molecule has 0 radical (unpaired) electrons. The third kappa shape index (κ3) is 4.55. The van der Waals surface area contributed by atoms with E-state index in [1.165, 1.54) is 11.8 Å². The summed E-state index contributed by atoms with van der Waals surface area (Å²) in [7, 11) is 0. The highest BCUT2D eigenvalue weighted by Crippen LogP contribution is 2.21. The predicted octanol–water partition coefficient (Wildman–Crippen LogP) is 2.65. The minimum Gasteiger partial charge on any atom is -0.376 e. The van der Waals surface area contributed by atoms with Crippen LogP contribution in [0.3, 0.4) is 0 Å². The second kappa shape index (κ2) is 8.09. The van der Waals surface area contributed by atoms with Crippen molar-refractivity contribution in [3.8, 4) is 0 Å². The van der Waals surface area contributed by atoms with E-state index in [2.05, 4.69) is 36.8 Å². The Morgan fingerprint density at radius 3 is 3.17 bits per heavy atom. The molecule has 1 amide bonds. The molecule has 0 spiro atoms. The topological polar surface area (TPSA) is 81.9 Å². The lowest BCUT2D eigenvalue weighted by Crippen LogP contribution is -2.18. The van der Waals surface area contributed by atoms with Gasteiger partial charge in [-0.25, -0.2) is 4.68 Å². The number of amides is 1. The lowest BCUT2D eigenvalue weighted by atomic mass is 10.2. The van der Waals surface area contributed by atoms with Crippen LogP contribution < -0.4 is 5.32 Å². The Morgan fingerprint density at radius 2 is 2.42 bits per heavy atom. The summed E-state index contributed by atoms with van der Waals surface area (Å²) in [6.07, 6.45) is 2.25. The number of thioether (sulfide) groups is 1. The molecule has 0 aliphatic carbocycles. The molecule has 1 aliphatic heterocycles. The van der Waals surface area contributed by atoms with E-state index in [0.29, 0.717) is 11.7 Å². The van der Waals surface area contributed by atoms with Crippen LogP contribution >= 0.6 is 27.7 Å². The fraction of sp³-hybridized carbons (Fsp3) is 0.467. The Morgan fingerprint density at radius 1 is 1.54 bits per heavy atom. The molecule has 1 aromatic carbocycles. The predicted molar refractivity (Wildman–Crippen MR) is 95.0 cm³/mol. The number of hydrogen-bond donors (Lipinski definition) is 1. The number of ether oxygens (including phenoxy) is 1. The summed E-state index contributed by atoms with van der Waals surface area (Å²) in [5, 5.41) is 15.2. The molecule has 1 unspecified atom stereocenters. The molecule has 1 N–H and O–H groups in total. The number of halogens is 1. The van der Waals surface area contributed by atoms with Crippen molar-refractivity contribution in [2.75, 3.05) is 17.7 Å². The molecule has 1 atom stereocenters. The third-order valence-corrected chi connectivity index (χ3v) is 5.52. The highest BCUT2D eigenvalue weighted by Gasteiger charge is 2.19. The first-order chi connectivity index (χ1) is 11.6. The Hall–Kier alpha value is -1.45. The summed E-state index contributed by atoms with van der Waals surface area (Å²) in [6, 6.07) is 5.70. The molecule has 7 nitrogen and oxygen atoms in total. The van der Waals surface area contributed by atoms with Gasteiger partial charge in [0.05, 0.1) is 18.4 Å². The van der Waals surface area contributed by atoms with E-state index in [1.54, 1.807) is 4.68 Å². The first-order valence-electron chi connectivity index (χ1n) is 7.68. The van der Waals surface area contributed by atoms with Gasteiger partial charge in [-0.3, -0.25) is 4.79 Å². The van der Waals surface area contributed by atoms with Gasteiger partial charge in [0.2, 0.25) is 11.1 Å². The molecule has 2 aromatic rings. The lowest BCUT2D eigenvalue weighted by Gasteiger charge is -2.10. The van der Waals surface area contributed by atoms with Crippen LogP contribution in [0.25, 0.3) is 0 Å². The van der Waals surface area contributed by atoms with Crippen LogP contribution in [0, 0.1) is 6.92 Å². The standard InChI is InChI=1S/C15H18BrN5O2S/c1-10-7-11(4-5-13(10)16)17-14(22)9-24-15-18-19-20-21(15)8-12-3-2-6-23-12/h4-5,7,12H,2-3,6,8-9H2,1H3,(H,17,22). The Labute approximate surface area is 152 Å². The number of nitrogens with zero attached hydrogens (tertiary/aromatic N) is 4. The molecule has 2 heterocycles. The minimum atomic E-state index is -0.0895. The first kappa shape index (κ1) is 17.4.